The van der Waals surface area contributed by atoms with Crippen LogP contribution in [-0.4, -0.2) is 5.11 Å². The summed E-state index contributed by atoms with van der Waals surface area (Å²) in [5.74, 6) is 0. The highest BCUT2D eigenvalue weighted by Gasteiger charge is 1.68. The van der Waals surface area contributed by atoms with E-state index in [4.69, 9.17) is 5.11 Å². The van der Waals surface area contributed by atoms with Crippen molar-refractivity contribution in [2.45, 2.75) is 19.8 Å². The number of allylic oxidation sites excluding steroid dienone is 5. The molecule has 10 heavy (non-hydrogen) atoms. The molecule has 0 rings (SSSR count). The maximum absolute atomic E-state index is 8.21. The smallest absolute Gasteiger partial charge is 0.0791 e. The number of rotatable bonds is 4. The lowest BCUT2D eigenvalue weighted by Gasteiger charge is -1.78. The highest BCUT2D eigenvalue weighted by atomic mass is 16.2. The van der Waals surface area contributed by atoms with E-state index in [0.29, 0.717) is 0 Å². The third-order valence-electron chi connectivity index (χ3n) is 1.01. The normalized spacial score (nSPS) is 12.5. The van der Waals surface area contributed by atoms with Crippen LogP contribution in [-0.2, 0) is 0 Å². The van der Waals surface area contributed by atoms with Gasteiger partial charge in [-0.2, -0.15) is 0 Å². The van der Waals surface area contributed by atoms with E-state index in [2.05, 4.69) is 13.0 Å². The van der Waals surface area contributed by atoms with Crippen LogP contribution in [0.5, 0.6) is 0 Å². The molecule has 0 atom stereocenters. The second-order valence-corrected chi connectivity index (χ2v) is 1.94. The molecule has 0 aromatic heterocycles. The van der Waals surface area contributed by atoms with Crippen molar-refractivity contribution in [3.05, 3.63) is 36.6 Å². The molecule has 0 aromatic rings. The summed E-state index contributed by atoms with van der Waals surface area (Å²) in [5.41, 5.74) is 0. The molecule has 0 saturated carbocycles. The van der Waals surface area contributed by atoms with Crippen LogP contribution in [0.25, 0.3) is 0 Å². The Bertz CT molecular complexity index is 132. The Morgan fingerprint density at radius 2 is 1.80 bits per heavy atom. The first-order valence-electron chi connectivity index (χ1n) is 3.54. The summed E-state index contributed by atoms with van der Waals surface area (Å²) in [6.45, 7) is 2.14. The van der Waals surface area contributed by atoms with Crippen molar-refractivity contribution < 1.29 is 5.11 Å². The molecule has 0 aliphatic heterocycles. The fraction of sp³-hybridized carbons (Fsp3) is 0.333. The van der Waals surface area contributed by atoms with Gasteiger partial charge in [-0.1, -0.05) is 37.6 Å². The Balaban J connectivity index is 3.32. The van der Waals surface area contributed by atoms with Crippen molar-refractivity contribution >= 4 is 0 Å². The van der Waals surface area contributed by atoms with E-state index >= 15 is 0 Å². The molecule has 1 nitrogen and oxygen atoms in total. The van der Waals surface area contributed by atoms with Gasteiger partial charge in [-0.3, -0.25) is 0 Å². The van der Waals surface area contributed by atoms with E-state index in [1.54, 1.807) is 12.2 Å². The van der Waals surface area contributed by atoms with Crippen LogP contribution in [0, 0.1) is 0 Å². The lowest BCUT2D eigenvalue weighted by Crippen LogP contribution is -1.58. The van der Waals surface area contributed by atoms with Gasteiger partial charge in [0.2, 0.25) is 0 Å². The minimum Gasteiger partial charge on any atom is -0.516 e. The second-order valence-electron chi connectivity index (χ2n) is 1.94. The number of unbranched alkanes of at least 4 members (excludes halogenated alkanes) is 1. The number of aliphatic hydroxyl groups is 1. The Hall–Kier alpha value is -0.980. The van der Waals surface area contributed by atoms with Gasteiger partial charge in [0.25, 0.3) is 0 Å². The maximum atomic E-state index is 8.21. The SMILES string of the molecule is CCC/C=C\C=C\C=CO. The van der Waals surface area contributed by atoms with Gasteiger partial charge in [0.1, 0.15) is 0 Å². The molecule has 0 aromatic carbocycles. The fourth-order valence-corrected chi connectivity index (χ4v) is 0.519. The average molecular weight is 138 g/mol. The molecule has 56 valence electrons. The van der Waals surface area contributed by atoms with E-state index in [9.17, 15) is 0 Å². The minimum absolute atomic E-state index is 1.02. The van der Waals surface area contributed by atoms with E-state index in [1.807, 2.05) is 12.2 Å². The molecular weight excluding hydrogens is 124 g/mol. The molecule has 0 aliphatic rings. The lowest BCUT2D eigenvalue weighted by atomic mass is 10.3. The highest BCUT2D eigenvalue weighted by Crippen LogP contribution is 1.88. The van der Waals surface area contributed by atoms with Crippen LogP contribution in [0.3, 0.4) is 0 Å². The first kappa shape index (κ1) is 9.02. The molecule has 0 saturated heterocycles. The Kier molecular flexibility index (Phi) is 7.23. The van der Waals surface area contributed by atoms with E-state index in [0.717, 1.165) is 12.7 Å². The van der Waals surface area contributed by atoms with Crippen molar-refractivity contribution in [2.75, 3.05) is 0 Å². The molecule has 0 unspecified atom stereocenters. The second kappa shape index (κ2) is 8.02. The van der Waals surface area contributed by atoms with Gasteiger partial charge in [0, 0.05) is 0 Å². The first-order valence-corrected chi connectivity index (χ1v) is 3.54. The topological polar surface area (TPSA) is 20.2 Å². The molecule has 0 amide bonds. The third kappa shape index (κ3) is 7.02. The van der Waals surface area contributed by atoms with E-state index in [-0.39, 0.29) is 0 Å². The standard InChI is InChI=1S/C9H14O/c1-2-3-4-5-6-7-8-9-10/h4-10H,2-3H2,1H3/b5-4-,7-6+,9-8?. The number of hydrogen-bond acceptors (Lipinski definition) is 1. The average Bonchev–Trinajstić information content (AvgIpc) is 1.97. The quantitative estimate of drug-likeness (QED) is 0.467. The monoisotopic (exact) mass is 138 g/mol. The van der Waals surface area contributed by atoms with Crippen LogP contribution < -0.4 is 0 Å². The summed E-state index contributed by atoms with van der Waals surface area (Å²) in [7, 11) is 0. The van der Waals surface area contributed by atoms with Crippen LogP contribution in [0.2, 0.25) is 0 Å². The maximum Gasteiger partial charge on any atom is 0.0791 e. The van der Waals surface area contributed by atoms with Crippen molar-refractivity contribution in [2.24, 2.45) is 0 Å². The molecule has 0 radical (unpaired) electrons. The summed E-state index contributed by atoms with van der Waals surface area (Å²) in [5, 5.41) is 8.21. The molecule has 0 spiro atoms. The van der Waals surface area contributed by atoms with Gasteiger partial charge < -0.3 is 5.11 Å². The molecule has 0 aliphatic carbocycles. The lowest BCUT2D eigenvalue weighted by molar-refractivity contribution is 0.474. The van der Waals surface area contributed by atoms with Crippen molar-refractivity contribution in [3.8, 4) is 0 Å². The third-order valence-corrected chi connectivity index (χ3v) is 1.01. The van der Waals surface area contributed by atoms with Crippen LogP contribution in [0.15, 0.2) is 36.6 Å². The summed E-state index contributed by atoms with van der Waals surface area (Å²) in [6, 6.07) is 0. The Labute approximate surface area is 62.4 Å². The predicted octanol–water partition coefficient (Wildman–Crippen LogP) is 2.97. The van der Waals surface area contributed by atoms with E-state index in [1.165, 1.54) is 6.42 Å². The van der Waals surface area contributed by atoms with Gasteiger partial charge in [-0.15, -0.1) is 0 Å². The van der Waals surface area contributed by atoms with Gasteiger partial charge in [0.15, 0.2) is 0 Å². The Morgan fingerprint density at radius 1 is 1.10 bits per heavy atom. The zero-order valence-electron chi connectivity index (χ0n) is 6.33. The van der Waals surface area contributed by atoms with Crippen LogP contribution >= 0.6 is 0 Å². The molecular formula is C9H14O. The zero-order chi connectivity index (χ0) is 7.66. The first-order chi connectivity index (χ1) is 4.91. The molecule has 0 bridgehead atoms. The van der Waals surface area contributed by atoms with Gasteiger partial charge in [-0.05, 0) is 12.5 Å². The molecule has 1 heteroatoms. The van der Waals surface area contributed by atoms with Crippen molar-refractivity contribution in [3.63, 3.8) is 0 Å². The van der Waals surface area contributed by atoms with Crippen molar-refractivity contribution in [1.82, 2.24) is 0 Å². The predicted molar refractivity (Wildman–Crippen MR) is 45.0 cm³/mol. The van der Waals surface area contributed by atoms with Gasteiger partial charge >= 0.3 is 0 Å². The largest absolute Gasteiger partial charge is 0.516 e. The Morgan fingerprint density at radius 3 is 2.40 bits per heavy atom. The van der Waals surface area contributed by atoms with Crippen LogP contribution in [0.1, 0.15) is 19.8 Å². The zero-order valence-corrected chi connectivity index (χ0v) is 6.33. The van der Waals surface area contributed by atoms with Crippen molar-refractivity contribution in [1.29, 1.82) is 0 Å². The molecule has 1 N–H and O–H groups in total. The minimum atomic E-state index is 1.02. The number of aliphatic hydroxyl groups excluding tert-OH is 1. The van der Waals surface area contributed by atoms with Gasteiger partial charge in [0.05, 0.1) is 6.26 Å². The summed E-state index contributed by atoms with van der Waals surface area (Å²) in [6.07, 6.45) is 12.6. The highest BCUT2D eigenvalue weighted by molar-refractivity contribution is 5.09. The van der Waals surface area contributed by atoms with Gasteiger partial charge in [-0.25, -0.2) is 0 Å². The molecule has 0 fully saturated rings. The van der Waals surface area contributed by atoms with E-state index < -0.39 is 0 Å². The summed E-state index contributed by atoms with van der Waals surface area (Å²) < 4.78 is 0. The molecule has 0 heterocycles. The van der Waals surface area contributed by atoms with Crippen LogP contribution in [0.4, 0.5) is 0 Å². The fourth-order valence-electron chi connectivity index (χ4n) is 0.519. The number of hydrogen-bond donors (Lipinski definition) is 1. The summed E-state index contributed by atoms with van der Waals surface area (Å²) in [4.78, 5) is 0. The summed E-state index contributed by atoms with van der Waals surface area (Å²) >= 11 is 0.